The molecule has 26 heavy (non-hydrogen) atoms. The standard InChI is InChI=1S/C22H20O4/c1-4-9-19-17(5-2)22(18-13-12-16(23)14-20(18)25-19)15(3)10-7-6-8-11-21(24)26-22/h4-10,12-14,23H,2-3,11H2,1H3/b8-6-,9-4-,10-7-. The summed E-state index contributed by atoms with van der Waals surface area (Å²) in [6, 6.07) is 4.70. The van der Waals surface area contributed by atoms with Crippen molar-refractivity contribution >= 4 is 5.97 Å². The number of hydrogen-bond donors (Lipinski definition) is 1. The molecule has 0 aliphatic carbocycles. The molecule has 1 unspecified atom stereocenters. The number of aromatic hydroxyl groups is 1. The van der Waals surface area contributed by atoms with Gasteiger partial charge in [-0.2, -0.15) is 0 Å². The Hall–Kier alpha value is -3.27. The maximum atomic E-state index is 12.5. The zero-order chi connectivity index (χ0) is 18.7. The van der Waals surface area contributed by atoms with Gasteiger partial charge >= 0.3 is 5.97 Å². The van der Waals surface area contributed by atoms with Crippen molar-refractivity contribution in [2.75, 3.05) is 0 Å². The lowest BCUT2D eigenvalue weighted by molar-refractivity contribution is -0.152. The largest absolute Gasteiger partial charge is 0.508 e. The topological polar surface area (TPSA) is 55.8 Å². The highest BCUT2D eigenvalue weighted by Crippen LogP contribution is 2.51. The number of phenolic OH excluding ortho intramolecular Hbond substituents is 1. The maximum Gasteiger partial charge on any atom is 0.311 e. The zero-order valence-corrected chi connectivity index (χ0v) is 14.6. The summed E-state index contributed by atoms with van der Waals surface area (Å²) in [5, 5.41) is 9.89. The van der Waals surface area contributed by atoms with Gasteiger partial charge < -0.3 is 14.6 Å². The first-order valence-corrected chi connectivity index (χ1v) is 8.28. The molecule has 1 N–H and O–H groups in total. The second-order valence-corrected chi connectivity index (χ2v) is 5.94. The number of fused-ring (bicyclic) bond motifs is 2. The highest BCUT2D eigenvalue weighted by Gasteiger charge is 2.47. The Morgan fingerprint density at radius 1 is 1.31 bits per heavy atom. The normalized spacial score (nSPS) is 25.0. The molecule has 132 valence electrons. The molecule has 3 rings (SSSR count). The molecule has 0 radical (unpaired) electrons. The first-order valence-electron chi connectivity index (χ1n) is 8.28. The van der Waals surface area contributed by atoms with Gasteiger partial charge in [0.1, 0.15) is 17.3 Å². The van der Waals surface area contributed by atoms with Crippen LogP contribution in [0.15, 0.2) is 90.8 Å². The lowest BCUT2D eigenvalue weighted by Crippen LogP contribution is -2.39. The van der Waals surface area contributed by atoms with Gasteiger partial charge in [-0.25, -0.2) is 0 Å². The molecule has 2 aliphatic rings. The van der Waals surface area contributed by atoms with E-state index in [4.69, 9.17) is 9.47 Å². The van der Waals surface area contributed by atoms with Crippen LogP contribution >= 0.6 is 0 Å². The minimum absolute atomic E-state index is 0.0537. The van der Waals surface area contributed by atoms with Crippen LogP contribution in [0.3, 0.4) is 0 Å². The zero-order valence-electron chi connectivity index (χ0n) is 14.6. The Morgan fingerprint density at radius 3 is 2.85 bits per heavy atom. The number of ether oxygens (including phenoxy) is 2. The summed E-state index contributed by atoms with van der Waals surface area (Å²) in [4.78, 5) is 12.5. The van der Waals surface area contributed by atoms with E-state index in [0.29, 0.717) is 28.2 Å². The number of allylic oxidation sites excluding steroid dienone is 4. The summed E-state index contributed by atoms with van der Waals surface area (Å²) >= 11 is 0. The van der Waals surface area contributed by atoms with Crippen molar-refractivity contribution in [2.24, 2.45) is 0 Å². The first kappa shape index (κ1) is 17.5. The molecule has 4 heteroatoms. The van der Waals surface area contributed by atoms with E-state index < -0.39 is 11.6 Å². The van der Waals surface area contributed by atoms with Crippen LogP contribution in [0.4, 0.5) is 0 Å². The van der Waals surface area contributed by atoms with Crippen LogP contribution in [0.5, 0.6) is 11.5 Å². The number of carbonyl (C=O) groups excluding carboxylic acids is 1. The Balaban J connectivity index is 2.37. The quantitative estimate of drug-likeness (QED) is 0.793. The molecule has 4 nitrogen and oxygen atoms in total. The summed E-state index contributed by atoms with van der Waals surface area (Å²) in [5.74, 6) is 0.539. The van der Waals surface area contributed by atoms with Gasteiger partial charge in [-0.15, -0.1) is 0 Å². The second kappa shape index (κ2) is 6.92. The van der Waals surface area contributed by atoms with Gasteiger partial charge in [-0.1, -0.05) is 49.6 Å². The Morgan fingerprint density at radius 2 is 2.12 bits per heavy atom. The molecule has 0 saturated heterocycles. The third-order valence-corrected chi connectivity index (χ3v) is 4.28. The SMILES string of the molecule is C=CC1=C(/C=C\C)Oc2cc(O)ccc2C12OC(=O)C/C=C\C=C/C2=C. The number of rotatable bonds is 2. The maximum absolute atomic E-state index is 12.5. The Labute approximate surface area is 152 Å². The lowest BCUT2D eigenvalue weighted by Gasteiger charge is -2.40. The molecule has 0 saturated carbocycles. The van der Waals surface area contributed by atoms with E-state index in [9.17, 15) is 9.90 Å². The van der Waals surface area contributed by atoms with Crippen LogP contribution in [0, 0.1) is 0 Å². The number of carbonyl (C=O) groups is 1. The van der Waals surface area contributed by atoms with E-state index in [-0.39, 0.29) is 12.2 Å². The van der Waals surface area contributed by atoms with Crippen LogP contribution in [-0.4, -0.2) is 11.1 Å². The van der Waals surface area contributed by atoms with Gasteiger partial charge in [0.15, 0.2) is 5.60 Å². The molecule has 0 amide bonds. The molecule has 1 atom stereocenters. The van der Waals surface area contributed by atoms with E-state index >= 15 is 0 Å². The second-order valence-electron chi connectivity index (χ2n) is 5.94. The molecular formula is C22H20O4. The van der Waals surface area contributed by atoms with E-state index in [2.05, 4.69) is 13.2 Å². The number of phenols is 1. The third-order valence-electron chi connectivity index (χ3n) is 4.28. The van der Waals surface area contributed by atoms with Crippen molar-refractivity contribution in [1.29, 1.82) is 0 Å². The molecule has 1 aromatic carbocycles. The summed E-state index contributed by atoms with van der Waals surface area (Å²) in [6.45, 7) is 9.92. The molecule has 2 heterocycles. The van der Waals surface area contributed by atoms with E-state index in [0.717, 1.165) is 0 Å². The first-order chi connectivity index (χ1) is 12.5. The Kier molecular flexibility index (Phi) is 4.67. The van der Waals surface area contributed by atoms with Gasteiger partial charge in [0.2, 0.25) is 0 Å². The fourth-order valence-corrected chi connectivity index (χ4v) is 3.16. The smallest absolute Gasteiger partial charge is 0.311 e. The average Bonchev–Trinajstić information content (AvgIpc) is 2.66. The minimum atomic E-state index is -1.28. The third kappa shape index (κ3) is 2.80. The van der Waals surface area contributed by atoms with Crippen LogP contribution in [0.1, 0.15) is 18.9 Å². The van der Waals surface area contributed by atoms with Crippen molar-refractivity contribution in [3.63, 3.8) is 0 Å². The molecular weight excluding hydrogens is 328 g/mol. The van der Waals surface area contributed by atoms with E-state index in [1.165, 1.54) is 12.1 Å². The summed E-state index contributed by atoms with van der Waals surface area (Å²) in [5.41, 5.74) is 0.448. The predicted octanol–water partition coefficient (Wildman–Crippen LogP) is 4.61. The number of benzene rings is 1. The summed E-state index contributed by atoms with van der Waals surface area (Å²) in [7, 11) is 0. The summed E-state index contributed by atoms with van der Waals surface area (Å²) in [6.07, 6.45) is 12.5. The average molecular weight is 348 g/mol. The van der Waals surface area contributed by atoms with Crippen molar-refractivity contribution in [3.8, 4) is 11.5 Å². The molecule has 1 aromatic rings. The molecule has 0 aromatic heterocycles. The highest BCUT2D eigenvalue weighted by atomic mass is 16.6. The highest BCUT2D eigenvalue weighted by molar-refractivity contribution is 5.75. The van der Waals surface area contributed by atoms with Crippen LogP contribution in [0.25, 0.3) is 0 Å². The molecule has 2 aliphatic heterocycles. The lowest BCUT2D eigenvalue weighted by atomic mass is 9.77. The van der Waals surface area contributed by atoms with Crippen LogP contribution in [-0.2, 0) is 15.1 Å². The summed E-state index contributed by atoms with van der Waals surface area (Å²) < 4.78 is 12.0. The van der Waals surface area contributed by atoms with Crippen LogP contribution < -0.4 is 4.74 Å². The van der Waals surface area contributed by atoms with Crippen LogP contribution in [0.2, 0.25) is 0 Å². The van der Waals surface area contributed by atoms with Gasteiger partial charge in [0, 0.05) is 17.2 Å². The van der Waals surface area contributed by atoms with Crippen molar-refractivity contribution in [3.05, 3.63) is 96.4 Å². The molecule has 0 bridgehead atoms. The van der Waals surface area contributed by atoms with Gasteiger partial charge in [-0.3, -0.25) is 4.79 Å². The minimum Gasteiger partial charge on any atom is -0.508 e. The van der Waals surface area contributed by atoms with E-state index in [1.807, 2.05) is 19.1 Å². The number of hydrogen-bond acceptors (Lipinski definition) is 4. The fourth-order valence-electron chi connectivity index (χ4n) is 3.16. The Bertz CT molecular complexity index is 899. The van der Waals surface area contributed by atoms with Crippen molar-refractivity contribution in [1.82, 2.24) is 0 Å². The number of esters is 1. The molecule has 0 fully saturated rings. The van der Waals surface area contributed by atoms with E-state index in [1.54, 1.807) is 36.4 Å². The van der Waals surface area contributed by atoms with Gasteiger partial charge in [-0.05, 0) is 30.7 Å². The predicted molar refractivity (Wildman–Crippen MR) is 101 cm³/mol. The van der Waals surface area contributed by atoms with Gasteiger partial charge in [0.25, 0.3) is 0 Å². The monoisotopic (exact) mass is 348 g/mol. The van der Waals surface area contributed by atoms with Gasteiger partial charge in [0.05, 0.1) is 6.42 Å². The molecule has 1 spiro atoms. The van der Waals surface area contributed by atoms with Crippen molar-refractivity contribution < 1.29 is 19.4 Å². The fraction of sp³-hybridized carbons (Fsp3) is 0.136. The van der Waals surface area contributed by atoms with Crippen molar-refractivity contribution in [2.45, 2.75) is 18.9 Å².